The zero-order valence-corrected chi connectivity index (χ0v) is 20.9. The van der Waals surface area contributed by atoms with Gasteiger partial charge in [0, 0.05) is 25.8 Å². The third-order valence-electron chi connectivity index (χ3n) is 5.72. The number of amides is 1. The lowest BCUT2D eigenvalue weighted by atomic mass is 9.95. The summed E-state index contributed by atoms with van der Waals surface area (Å²) in [6, 6.07) is 11.2. The van der Waals surface area contributed by atoms with Crippen molar-refractivity contribution < 1.29 is 33.6 Å². The van der Waals surface area contributed by atoms with Gasteiger partial charge in [-0.15, -0.1) is 0 Å². The van der Waals surface area contributed by atoms with Crippen LogP contribution < -0.4 is 14.2 Å². The summed E-state index contributed by atoms with van der Waals surface area (Å²) < 4.78 is 21.6. The Balaban J connectivity index is 2.06. The first-order valence-electron chi connectivity index (χ1n) is 11.5. The van der Waals surface area contributed by atoms with Gasteiger partial charge in [-0.25, -0.2) is 0 Å². The number of Topliss-reactive ketones (excluding diaryl/α,β-unsaturated/α-hetero) is 1. The number of nitrogens with zero attached hydrogens (tertiary/aromatic N) is 1. The summed E-state index contributed by atoms with van der Waals surface area (Å²) in [5.74, 6) is 0.362. The molecule has 1 heterocycles. The predicted molar refractivity (Wildman–Crippen MR) is 132 cm³/mol. The Bertz CT molecular complexity index is 1080. The van der Waals surface area contributed by atoms with Crippen LogP contribution in [0.1, 0.15) is 37.4 Å². The molecule has 0 spiro atoms. The van der Waals surface area contributed by atoms with Crippen LogP contribution >= 0.6 is 0 Å². The van der Waals surface area contributed by atoms with E-state index < -0.39 is 17.7 Å². The molecule has 1 fully saturated rings. The number of ether oxygens (including phenoxy) is 4. The van der Waals surface area contributed by atoms with Gasteiger partial charge in [0.1, 0.15) is 11.5 Å². The first-order valence-corrected chi connectivity index (χ1v) is 11.5. The second-order valence-electron chi connectivity index (χ2n) is 8.68. The monoisotopic (exact) mass is 483 g/mol. The van der Waals surface area contributed by atoms with Gasteiger partial charge in [-0.2, -0.15) is 0 Å². The molecule has 1 amide bonds. The van der Waals surface area contributed by atoms with Crippen molar-refractivity contribution in [2.75, 3.05) is 41.1 Å². The zero-order chi connectivity index (χ0) is 25.5. The van der Waals surface area contributed by atoms with Crippen molar-refractivity contribution in [1.82, 2.24) is 4.90 Å². The van der Waals surface area contributed by atoms with Crippen molar-refractivity contribution in [3.05, 3.63) is 59.2 Å². The first kappa shape index (κ1) is 26.1. The zero-order valence-electron chi connectivity index (χ0n) is 20.9. The van der Waals surface area contributed by atoms with Crippen molar-refractivity contribution in [3.63, 3.8) is 0 Å². The number of carbonyl (C=O) groups is 2. The highest BCUT2D eigenvalue weighted by Crippen LogP contribution is 2.42. The predicted octanol–water partition coefficient (Wildman–Crippen LogP) is 4.20. The second kappa shape index (κ2) is 11.8. The topological polar surface area (TPSA) is 94.5 Å². The van der Waals surface area contributed by atoms with E-state index in [4.69, 9.17) is 18.9 Å². The molecule has 3 rings (SSSR count). The maximum atomic E-state index is 13.1. The largest absolute Gasteiger partial charge is 0.507 e. The van der Waals surface area contributed by atoms with E-state index in [0.29, 0.717) is 53.9 Å². The van der Waals surface area contributed by atoms with Crippen LogP contribution in [0.5, 0.6) is 17.2 Å². The molecule has 0 bridgehead atoms. The molecular formula is C27H33NO7. The molecule has 8 nitrogen and oxygen atoms in total. The Labute approximate surface area is 206 Å². The summed E-state index contributed by atoms with van der Waals surface area (Å²) in [6.45, 7) is 5.40. The fourth-order valence-electron chi connectivity index (χ4n) is 3.99. The van der Waals surface area contributed by atoms with Crippen molar-refractivity contribution in [2.24, 2.45) is 5.92 Å². The number of hydrogen-bond acceptors (Lipinski definition) is 7. The first-order chi connectivity index (χ1) is 16.8. The molecule has 0 aromatic heterocycles. The Hall–Kier alpha value is -3.52. The minimum Gasteiger partial charge on any atom is -0.507 e. The van der Waals surface area contributed by atoms with E-state index in [2.05, 4.69) is 13.8 Å². The molecule has 1 aliphatic rings. The Morgan fingerprint density at radius 1 is 1.00 bits per heavy atom. The summed E-state index contributed by atoms with van der Waals surface area (Å²) in [4.78, 5) is 27.6. The van der Waals surface area contributed by atoms with Gasteiger partial charge < -0.3 is 29.0 Å². The number of aliphatic hydroxyl groups excluding tert-OH is 1. The summed E-state index contributed by atoms with van der Waals surface area (Å²) in [5.41, 5.74) is 1.07. The molecule has 0 unspecified atom stereocenters. The molecule has 1 N–H and O–H groups in total. The normalized spacial score (nSPS) is 17.2. The Kier molecular flexibility index (Phi) is 8.76. The van der Waals surface area contributed by atoms with Gasteiger partial charge in [-0.1, -0.05) is 19.9 Å². The fourth-order valence-corrected chi connectivity index (χ4v) is 3.99. The van der Waals surface area contributed by atoms with Crippen LogP contribution in [0.2, 0.25) is 0 Å². The quantitative estimate of drug-likeness (QED) is 0.222. The van der Waals surface area contributed by atoms with E-state index in [1.54, 1.807) is 49.6 Å². The van der Waals surface area contributed by atoms with Gasteiger partial charge in [0.2, 0.25) is 0 Å². The highest BCUT2D eigenvalue weighted by Gasteiger charge is 2.46. The lowest BCUT2D eigenvalue weighted by Gasteiger charge is -2.26. The van der Waals surface area contributed by atoms with Gasteiger partial charge in [-0.05, 0) is 54.3 Å². The highest BCUT2D eigenvalue weighted by atomic mass is 16.5. The van der Waals surface area contributed by atoms with Crippen LogP contribution in [0.3, 0.4) is 0 Å². The molecule has 35 heavy (non-hydrogen) atoms. The molecule has 1 saturated heterocycles. The number of rotatable bonds is 11. The fraction of sp³-hybridized carbons (Fsp3) is 0.407. The van der Waals surface area contributed by atoms with Crippen LogP contribution in [-0.2, 0) is 14.3 Å². The number of aliphatic hydroxyl groups is 1. The minimum absolute atomic E-state index is 0.0236. The average Bonchev–Trinajstić information content (AvgIpc) is 3.12. The van der Waals surface area contributed by atoms with Crippen molar-refractivity contribution in [3.8, 4) is 17.2 Å². The lowest BCUT2D eigenvalue weighted by molar-refractivity contribution is -0.140. The molecule has 0 saturated carbocycles. The number of ketones is 1. The van der Waals surface area contributed by atoms with E-state index in [1.807, 2.05) is 0 Å². The summed E-state index contributed by atoms with van der Waals surface area (Å²) >= 11 is 0. The number of methoxy groups -OCH3 is 3. The highest BCUT2D eigenvalue weighted by molar-refractivity contribution is 6.46. The van der Waals surface area contributed by atoms with E-state index >= 15 is 0 Å². The maximum absolute atomic E-state index is 13.1. The van der Waals surface area contributed by atoms with E-state index in [0.717, 1.165) is 0 Å². The third-order valence-corrected chi connectivity index (χ3v) is 5.72. The van der Waals surface area contributed by atoms with Crippen LogP contribution in [0, 0.1) is 5.92 Å². The molecule has 2 aromatic carbocycles. The second-order valence-corrected chi connectivity index (χ2v) is 8.68. The molecule has 2 aromatic rings. The number of benzene rings is 2. The van der Waals surface area contributed by atoms with Gasteiger partial charge in [-0.3, -0.25) is 9.59 Å². The summed E-state index contributed by atoms with van der Waals surface area (Å²) in [5, 5.41) is 11.2. The molecular weight excluding hydrogens is 450 g/mol. The van der Waals surface area contributed by atoms with Crippen LogP contribution in [0.15, 0.2) is 48.0 Å². The van der Waals surface area contributed by atoms with Gasteiger partial charge in [0.25, 0.3) is 11.7 Å². The van der Waals surface area contributed by atoms with Crippen molar-refractivity contribution in [2.45, 2.75) is 26.3 Å². The molecule has 8 heteroatoms. The van der Waals surface area contributed by atoms with E-state index in [1.165, 1.54) is 19.1 Å². The van der Waals surface area contributed by atoms with Crippen molar-refractivity contribution >= 4 is 17.4 Å². The molecule has 188 valence electrons. The Morgan fingerprint density at radius 2 is 1.69 bits per heavy atom. The molecule has 0 radical (unpaired) electrons. The summed E-state index contributed by atoms with van der Waals surface area (Å²) in [7, 11) is 4.62. The maximum Gasteiger partial charge on any atom is 0.295 e. The van der Waals surface area contributed by atoms with Gasteiger partial charge in [0.05, 0.1) is 32.4 Å². The lowest BCUT2D eigenvalue weighted by Crippen LogP contribution is -2.31. The molecule has 1 aliphatic heterocycles. The SMILES string of the molecule is COCCCN1C(=O)C(=O)/C(=C(/O)c2ccc(OCC(C)C)cc2)[C@H]1c1ccc(OC)c(OC)c1. The van der Waals surface area contributed by atoms with Gasteiger partial charge in [0.15, 0.2) is 11.5 Å². The smallest absolute Gasteiger partial charge is 0.295 e. The van der Waals surface area contributed by atoms with Gasteiger partial charge >= 0.3 is 0 Å². The average molecular weight is 484 g/mol. The molecule has 0 aliphatic carbocycles. The van der Waals surface area contributed by atoms with Crippen LogP contribution in [0.4, 0.5) is 0 Å². The molecule has 1 atom stereocenters. The standard InChI is InChI=1S/C27H33NO7/c1-17(2)16-35-20-10-7-18(8-11-20)25(29)23-24(19-9-12-21(33-4)22(15-19)34-5)28(13-6-14-32-3)27(31)26(23)30/h7-12,15,17,24,29H,6,13-14,16H2,1-5H3/b25-23+/t24-/m1/s1. The van der Waals surface area contributed by atoms with Crippen LogP contribution in [-0.4, -0.2) is 62.8 Å². The minimum atomic E-state index is -0.788. The number of likely N-dealkylation sites (tertiary alicyclic amines) is 1. The summed E-state index contributed by atoms with van der Waals surface area (Å²) in [6.07, 6.45) is 0.537. The third kappa shape index (κ3) is 5.77. The Morgan fingerprint density at radius 3 is 2.29 bits per heavy atom. The number of hydrogen-bond donors (Lipinski definition) is 1. The van der Waals surface area contributed by atoms with E-state index in [9.17, 15) is 14.7 Å². The number of carbonyl (C=O) groups excluding carboxylic acids is 2. The van der Waals surface area contributed by atoms with Crippen LogP contribution in [0.25, 0.3) is 5.76 Å². The van der Waals surface area contributed by atoms with E-state index in [-0.39, 0.29) is 17.9 Å². The van der Waals surface area contributed by atoms with Crippen molar-refractivity contribution in [1.29, 1.82) is 0 Å².